The van der Waals surface area contributed by atoms with E-state index >= 15 is 0 Å². The topological polar surface area (TPSA) is 132 Å². The van der Waals surface area contributed by atoms with Crippen LogP contribution in [0.15, 0.2) is 4.90 Å². The van der Waals surface area contributed by atoms with Gasteiger partial charge in [-0.2, -0.15) is 5.10 Å². The number of aliphatic carboxylic acids is 1. The number of rotatable bonds is 6. The van der Waals surface area contributed by atoms with E-state index < -0.39 is 22.1 Å². The maximum absolute atomic E-state index is 11.9. The molecule has 18 heavy (non-hydrogen) atoms. The molecule has 1 rings (SSSR count). The van der Waals surface area contributed by atoms with Gasteiger partial charge in [0.25, 0.3) is 0 Å². The van der Waals surface area contributed by atoms with Crippen molar-refractivity contribution < 1.29 is 23.4 Å². The molecule has 0 aromatic carbocycles. The molecule has 0 aliphatic carbocycles. The summed E-state index contributed by atoms with van der Waals surface area (Å²) in [5.74, 6) is -1.38. The molecule has 0 saturated heterocycles. The van der Waals surface area contributed by atoms with Crippen LogP contribution in [-0.4, -0.2) is 47.4 Å². The summed E-state index contributed by atoms with van der Waals surface area (Å²) in [6.07, 6.45) is -1.79. The molecular formula is C9H15N3O5S. The molecule has 1 atom stereocenters. The van der Waals surface area contributed by atoms with E-state index in [1.165, 1.54) is 0 Å². The first-order chi connectivity index (χ1) is 8.25. The van der Waals surface area contributed by atoms with Crippen LogP contribution in [0.2, 0.25) is 0 Å². The average Bonchev–Trinajstić information content (AvgIpc) is 2.58. The molecule has 0 radical (unpaired) electrons. The third kappa shape index (κ3) is 3.28. The summed E-state index contributed by atoms with van der Waals surface area (Å²) in [5, 5.41) is 23.8. The number of aliphatic hydroxyl groups is 1. The van der Waals surface area contributed by atoms with Crippen LogP contribution in [0.4, 0.5) is 0 Å². The molecule has 0 spiro atoms. The summed E-state index contributed by atoms with van der Waals surface area (Å²) in [7, 11) is -3.75. The standard InChI is InChI=1S/C9H15N3O5S/c1-5-8(6(2)12-11-5)18(16,17)10-4-3-7(13)9(14)15/h7,10,13H,3-4H2,1-2H3,(H,11,12)(H,14,15). The summed E-state index contributed by atoms with van der Waals surface area (Å²) in [6, 6.07) is 0. The number of sulfonamides is 1. The fourth-order valence-corrected chi connectivity index (χ4v) is 2.88. The number of hydrogen-bond acceptors (Lipinski definition) is 5. The Morgan fingerprint density at radius 2 is 2.11 bits per heavy atom. The van der Waals surface area contributed by atoms with E-state index in [0.29, 0.717) is 11.4 Å². The largest absolute Gasteiger partial charge is 0.479 e. The number of nitrogens with one attached hydrogen (secondary N) is 2. The first-order valence-electron chi connectivity index (χ1n) is 5.18. The van der Waals surface area contributed by atoms with Gasteiger partial charge < -0.3 is 10.2 Å². The Bertz CT molecular complexity index is 517. The van der Waals surface area contributed by atoms with Crippen molar-refractivity contribution in [3.05, 3.63) is 11.4 Å². The third-order valence-corrected chi connectivity index (χ3v) is 4.05. The van der Waals surface area contributed by atoms with Gasteiger partial charge in [0.05, 0.1) is 11.4 Å². The van der Waals surface area contributed by atoms with Gasteiger partial charge in [0, 0.05) is 6.54 Å². The number of aromatic nitrogens is 2. The van der Waals surface area contributed by atoms with Gasteiger partial charge in [0.2, 0.25) is 10.0 Å². The fourth-order valence-electron chi connectivity index (χ4n) is 1.46. The van der Waals surface area contributed by atoms with Crippen molar-refractivity contribution in [2.75, 3.05) is 6.54 Å². The molecule has 4 N–H and O–H groups in total. The monoisotopic (exact) mass is 277 g/mol. The Morgan fingerprint density at radius 3 is 2.56 bits per heavy atom. The summed E-state index contributed by atoms with van der Waals surface area (Å²) in [5.41, 5.74) is 0.734. The van der Waals surface area contributed by atoms with Crippen LogP contribution in [0, 0.1) is 13.8 Å². The van der Waals surface area contributed by atoms with E-state index in [4.69, 9.17) is 10.2 Å². The molecule has 1 aromatic heterocycles. The van der Waals surface area contributed by atoms with Crippen molar-refractivity contribution in [2.45, 2.75) is 31.3 Å². The first kappa shape index (κ1) is 14.6. The van der Waals surface area contributed by atoms with Crippen molar-refractivity contribution in [3.63, 3.8) is 0 Å². The molecule has 102 valence electrons. The lowest BCUT2D eigenvalue weighted by atomic mass is 10.3. The SMILES string of the molecule is Cc1n[nH]c(C)c1S(=O)(=O)NCCC(O)C(=O)O. The molecule has 9 heteroatoms. The lowest BCUT2D eigenvalue weighted by Gasteiger charge is -2.08. The summed E-state index contributed by atoms with van der Waals surface area (Å²) < 4.78 is 26.0. The molecule has 8 nitrogen and oxygen atoms in total. The van der Waals surface area contributed by atoms with Crippen LogP contribution in [0.1, 0.15) is 17.8 Å². The van der Waals surface area contributed by atoms with Gasteiger partial charge in [0.15, 0.2) is 6.10 Å². The average molecular weight is 277 g/mol. The maximum Gasteiger partial charge on any atom is 0.332 e. The highest BCUT2D eigenvalue weighted by Crippen LogP contribution is 2.15. The number of carboxylic acid groups (broad SMARTS) is 1. The second-order valence-electron chi connectivity index (χ2n) is 3.80. The number of carbonyl (C=O) groups is 1. The van der Waals surface area contributed by atoms with E-state index in [2.05, 4.69) is 14.9 Å². The van der Waals surface area contributed by atoms with Gasteiger partial charge >= 0.3 is 5.97 Å². The van der Waals surface area contributed by atoms with Gasteiger partial charge in [-0.05, 0) is 20.3 Å². The third-order valence-electron chi connectivity index (χ3n) is 2.32. The fraction of sp³-hybridized carbons (Fsp3) is 0.556. The normalized spacial score (nSPS) is 13.5. The van der Waals surface area contributed by atoms with E-state index in [1.807, 2.05) is 0 Å². The molecule has 1 aromatic rings. The number of carboxylic acids is 1. The highest BCUT2D eigenvalue weighted by atomic mass is 32.2. The van der Waals surface area contributed by atoms with Gasteiger partial charge in [-0.25, -0.2) is 17.9 Å². The molecule has 0 aliphatic rings. The summed E-state index contributed by atoms with van der Waals surface area (Å²) >= 11 is 0. The smallest absolute Gasteiger partial charge is 0.332 e. The highest BCUT2D eigenvalue weighted by molar-refractivity contribution is 7.89. The maximum atomic E-state index is 11.9. The minimum absolute atomic E-state index is 0.0484. The van der Waals surface area contributed by atoms with Crippen molar-refractivity contribution in [3.8, 4) is 0 Å². The minimum Gasteiger partial charge on any atom is -0.479 e. The Balaban J connectivity index is 2.70. The van der Waals surface area contributed by atoms with Crippen molar-refractivity contribution >= 4 is 16.0 Å². The second kappa shape index (κ2) is 5.46. The summed E-state index contributed by atoms with van der Waals surface area (Å²) in [4.78, 5) is 10.4. The molecule has 0 saturated carbocycles. The molecule has 0 amide bonds. The van der Waals surface area contributed by atoms with Crippen LogP contribution < -0.4 is 4.72 Å². The van der Waals surface area contributed by atoms with Crippen LogP contribution in [0.25, 0.3) is 0 Å². The number of H-pyrrole nitrogens is 1. The van der Waals surface area contributed by atoms with Gasteiger partial charge in [-0.1, -0.05) is 0 Å². The molecule has 1 heterocycles. The Labute approximate surface area is 104 Å². The summed E-state index contributed by atoms with van der Waals surface area (Å²) in [6.45, 7) is 2.95. The van der Waals surface area contributed by atoms with Crippen LogP contribution in [-0.2, 0) is 14.8 Å². The predicted molar refractivity (Wildman–Crippen MR) is 61.5 cm³/mol. The number of aliphatic hydroxyl groups excluding tert-OH is 1. The number of nitrogens with zero attached hydrogens (tertiary/aromatic N) is 1. The number of aryl methyl sites for hydroxylation is 2. The van der Waals surface area contributed by atoms with Gasteiger partial charge in [-0.3, -0.25) is 5.10 Å². The van der Waals surface area contributed by atoms with E-state index in [-0.39, 0.29) is 17.9 Å². The van der Waals surface area contributed by atoms with Crippen molar-refractivity contribution in [1.29, 1.82) is 0 Å². The Kier molecular flexibility index (Phi) is 4.43. The first-order valence-corrected chi connectivity index (χ1v) is 6.66. The molecule has 0 bridgehead atoms. The lowest BCUT2D eigenvalue weighted by Crippen LogP contribution is -2.30. The van der Waals surface area contributed by atoms with E-state index in [9.17, 15) is 13.2 Å². The lowest BCUT2D eigenvalue weighted by molar-refractivity contribution is -0.146. The minimum atomic E-state index is -3.75. The van der Waals surface area contributed by atoms with Crippen molar-refractivity contribution in [1.82, 2.24) is 14.9 Å². The zero-order chi connectivity index (χ0) is 13.9. The Morgan fingerprint density at radius 1 is 1.50 bits per heavy atom. The van der Waals surface area contributed by atoms with Gasteiger partial charge in [-0.15, -0.1) is 0 Å². The van der Waals surface area contributed by atoms with Crippen LogP contribution in [0.5, 0.6) is 0 Å². The van der Waals surface area contributed by atoms with Crippen molar-refractivity contribution in [2.24, 2.45) is 0 Å². The quantitative estimate of drug-likeness (QED) is 0.535. The van der Waals surface area contributed by atoms with Crippen LogP contribution in [0.3, 0.4) is 0 Å². The highest BCUT2D eigenvalue weighted by Gasteiger charge is 2.22. The van der Waals surface area contributed by atoms with E-state index in [1.54, 1.807) is 13.8 Å². The molecule has 1 unspecified atom stereocenters. The van der Waals surface area contributed by atoms with E-state index in [0.717, 1.165) is 0 Å². The zero-order valence-corrected chi connectivity index (χ0v) is 10.8. The molecule has 0 aliphatic heterocycles. The predicted octanol–water partition coefficient (Wildman–Crippen LogP) is -0.860. The molecular weight excluding hydrogens is 262 g/mol. The second-order valence-corrected chi connectivity index (χ2v) is 5.51. The number of aromatic amines is 1. The molecule has 0 fully saturated rings. The van der Waals surface area contributed by atoms with Crippen LogP contribution >= 0.6 is 0 Å². The van der Waals surface area contributed by atoms with Gasteiger partial charge in [0.1, 0.15) is 4.90 Å². The zero-order valence-electron chi connectivity index (χ0n) is 9.97. The Hall–Kier alpha value is -1.45. The number of hydrogen-bond donors (Lipinski definition) is 4.